The van der Waals surface area contributed by atoms with Crippen LogP contribution in [0.5, 0.6) is 11.5 Å². The molecule has 0 amide bonds. The molecule has 0 unspecified atom stereocenters. The van der Waals surface area contributed by atoms with Gasteiger partial charge in [-0.2, -0.15) is 0 Å². The number of rotatable bonds is 32. The summed E-state index contributed by atoms with van der Waals surface area (Å²) in [5, 5.41) is 0. The highest BCUT2D eigenvalue weighted by atomic mass is 16.5. The average Bonchev–Trinajstić information content (AvgIpc) is 3.53. The number of anilines is 2. The minimum Gasteiger partial charge on any atom is -0.496 e. The highest BCUT2D eigenvalue weighted by Crippen LogP contribution is 2.48. The van der Waals surface area contributed by atoms with Gasteiger partial charge in [0.1, 0.15) is 11.5 Å². The molecule has 0 saturated heterocycles. The Kier molecular flexibility index (Phi) is 22.3. The summed E-state index contributed by atoms with van der Waals surface area (Å²) < 4.78 is 12.4. The first-order chi connectivity index (χ1) is 25.1. The van der Waals surface area contributed by atoms with Crippen molar-refractivity contribution >= 4 is 11.4 Å². The van der Waals surface area contributed by atoms with E-state index >= 15 is 0 Å². The molecule has 1 aliphatic rings. The fourth-order valence-corrected chi connectivity index (χ4v) is 8.09. The third kappa shape index (κ3) is 14.9. The van der Waals surface area contributed by atoms with Crippen LogP contribution < -0.4 is 19.3 Å². The Morgan fingerprint density at radius 1 is 0.392 bits per heavy atom. The van der Waals surface area contributed by atoms with Crippen molar-refractivity contribution in [1.29, 1.82) is 0 Å². The van der Waals surface area contributed by atoms with Gasteiger partial charge in [0.05, 0.1) is 14.2 Å². The molecular weight excluding hydrogens is 625 g/mol. The first-order valence-corrected chi connectivity index (χ1v) is 22.0. The summed E-state index contributed by atoms with van der Waals surface area (Å²) >= 11 is 0. The molecule has 0 atom stereocenters. The molecule has 3 rings (SSSR count). The van der Waals surface area contributed by atoms with Crippen LogP contribution in [0.25, 0.3) is 11.1 Å². The molecule has 0 spiro atoms. The van der Waals surface area contributed by atoms with Gasteiger partial charge in [-0.3, -0.25) is 0 Å². The maximum atomic E-state index is 6.18. The number of nitrogens with zero attached hydrogens (tertiary/aromatic N) is 2. The second-order valence-corrected chi connectivity index (χ2v) is 15.6. The average molecular weight is 705 g/mol. The molecule has 51 heavy (non-hydrogen) atoms. The highest BCUT2D eigenvalue weighted by Gasteiger charge is 2.28. The van der Waals surface area contributed by atoms with E-state index in [2.05, 4.69) is 61.8 Å². The highest BCUT2D eigenvalue weighted by molar-refractivity contribution is 5.86. The van der Waals surface area contributed by atoms with E-state index in [1.54, 1.807) is 0 Å². The van der Waals surface area contributed by atoms with E-state index in [1.807, 2.05) is 14.2 Å². The number of fused-ring (bicyclic) bond motifs is 3. The van der Waals surface area contributed by atoms with Gasteiger partial charge in [0.2, 0.25) is 0 Å². The van der Waals surface area contributed by atoms with E-state index in [1.165, 1.54) is 188 Å². The standard InChI is InChI=1S/C47H80N2O2/c1-7-11-15-19-23-27-31-48(32-28-24-20-16-12-8-2)40-35-42-43-36-41(38-47(51-6)45(43)39-44(42)46(37-40)50-5)49(33-29-25-21-17-13-9-3)34-30-26-22-18-14-10-4/h35-38H,7-34,39H2,1-6H3. The molecule has 2 aromatic carbocycles. The summed E-state index contributed by atoms with van der Waals surface area (Å²) in [5.41, 5.74) is 8.03. The van der Waals surface area contributed by atoms with Crippen molar-refractivity contribution in [2.24, 2.45) is 0 Å². The number of hydrogen-bond donors (Lipinski definition) is 0. The van der Waals surface area contributed by atoms with Crippen molar-refractivity contribution in [3.63, 3.8) is 0 Å². The van der Waals surface area contributed by atoms with Crippen LogP contribution in [0, 0.1) is 0 Å². The zero-order valence-electron chi connectivity index (χ0n) is 34.5. The summed E-state index contributed by atoms with van der Waals surface area (Å²) in [7, 11) is 3.72. The summed E-state index contributed by atoms with van der Waals surface area (Å²) in [4.78, 5) is 5.37. The smallest absolute Gasteiger partial charge is 0.125 e. The summed E-state index contributed by atoms with van der Waals surface area (Å²) in [6.07, 6.45) is 32.8. The Balaban J connectivity index is 1.89. The maximum absolute atomic E-state index is 6.18. The fraction of sp³-hybridized carbons (Fsp3) is 0.745. The van der Waals surface area contributed by atoms with Crippen molar-refractivity contribution in [3.05, 3.63) is 35.4 Å². The molecule has 4 heteroatoms. The molecule has 4 nitrogen and oxygen atoms in total. The second kappa shape index (κ2) is 26.4. The molecule has 0 bridgehead atoms. The quantitative estimate of drug-likeness (QED) is 0.0604. The summed E-state index contributed by atoms with van der Waals surface area (Å²) in [6, 6.07) is 9.70. The van der Waals surface area contributed by atoms with Crippen LogP contribution in [0.15, 0.2) is 24.3 Å². The number of hydrogen-bond acceptors (Lipinski definition) is 4. The zero-order chi connectivity index (χ0) is 36.5. The minimum absolute atomic E-state index is 0.876. The van der Waals surface area contributed by atoms with Gasteiger partial charge in [0.25, 0.3) is 0 Å². The van der Waals surface area contributed by atoms with Gasteiger partial charge in [-0.05, 0) is 48.9 Å². The lowest BCUT2D eigenvalue weighted by Gasteiger charge is -2.27. The minimum atomic E-state index is 0.876. The van der Waals surface area contributed by atoms with Crippen LogP contribution in [0.1, 0.15) is 193 Å². The van der Waals surface area contributed by atoms with Gasteiger partial charge in [-0.25, -0.2) is 0 Å². The van der Waals surface area contributed by atoms with Crippen LogP contribution in [0.3, 0.4) is 0 Å². The molecule has 0 saturated carbocycles. The van der Waals surface area contributed by atoms with Crippen molar-refractivity contribution in [2.75, 3.05) is 50.2 Å². The van der Waals surface area contributed by atoms with E-state index in [-0.39, 0.29) is 0 Å². The third-order valence-electron chi connectivity index (χ3n) is 11.3. The predicted octanol–water partition coefficient (Wildman–Crippen LogP) is 14.3. The fourth-order valence-electron chi connectivity index (χ4n) is 8.09. The van der Waals surface area contributed by atoms with Crippen molar-refractivity contribution in [2.45, 2.75) is 188 Å². The topological polar surface area (TPSA) is 24.9 Å². The largest absolute Gasteiger partial charge is 0.496 e. The predicted molar refractivity (Wildman–Crippen MR) is 226 cm³/mol. The Morgan fingerprint density at radius 2 is 0.667 bits per heavy atom. The van der Waals surface area contributed by atoms with Crippen LogP contribution >= 0.6 is 0 Å². The van der Waals surface area contributed by atoms with Crippen LogP contribution in [-0.2, 0) is 6.42 Å². The van der Waals surface area contributed by atoms with Crippen molar-refractivity contribution in [3.8, 4) is 22.6 Å². The Morgan fingerprint density at radius 3 is 0.941 bits per heavy atom. The van der Waals surface area contributed by atoms with E-state index in [9.17, 15) is 0 Å². The molecule has 0 fully saturated rings. The second-order valence-electron chi connectivity index (χ2n) is 15.6. The van der Waals surface area contributed by atoms with E-state index < -0.39 is 0 Å². The first-order valence-electron chi connectivity index (χ1n) is 22.0. The number of methoxy groups -OCH3 is 2. The van der Waals surface area contributed by atoms with Gasteiger partial charge >= 0.3 is 0 Å². The van der Waals surface area contributed by atoms with Gasteiger partial charge < -0.3 is 19.3 Å². The van der Waals surface area contributed by atoms with Crippen LogP contribution in [0.2, 0.25) is 0 Å². The number of benzene rings is 2. The van der Waals surface area contributed by atoms with Crippen LogP contribution in [-0.4, -0.2) is 40.4 Å². The van der Waals surface area contributed by atoms with Crippen molar-refractivity contribution < 1.29 is 9.47 Å². The molecule has 1 aliphatic carbocycles. The van der Waals surface area contributed by atoms with E-state index in [4.69, 9.17) is 9.47 Å². The van der Waals surface area contributed by atoms with Crippen LogP contribution in [0.4, 0.5) is 11.4 Å². The molecular formula is C47H80N2O2. The monoisotopic (exact) mass is 705 g/mol. The molecule has 0 aliphatic heterocycles. The molecule has 290 valence electrons. The summed E-state index contributed by atoms with van der Waals surface area (Å²) in [6.45, 7) is 13.7. The van der Waals surface area contributed by atoms with Gasteiger partial charge in [0, 0.05) is 67.2 Å². The molecule has 2 aromatic rings. The first kappa shape index (κ1) is 43.0. The Labute approximate surface area is 316 Å². The molecule has 0 aromatic heterocycles. The molecule has 0 N–H and O–H groups in total. The third-order valence-corrected chi connectivity index (χ3v) is 11.3. The SMILES string of the molecule is CCCCCCCCN(CCCCCCCC)c1cc(OC)c2c(c1)-c1cc(N(CCCCCCCC)CCCCCCCC)cc(OC)c1C2. The van der Waals surface area contributed by atoms with E-state index in [0.29, 0.717) is 0 Å². The lowest BCUT2D eigenvalue weighted by molar-refractivity contribution is 0.407. The lowest BCUT2D eigenvalue weighted by Crippen LogP contribution is -2.26. The number of ether oxygens (including phenoxy) is 2. The molecule has 0 heterocycles. The lowest BCUT2D eigenvalue weighted by atomic mass is 10.0. The van der Waals surface area contributed by atoms with E-state index in [0.717, 1.165) is 44.1 Å². The van der Waals surface area contributed by atoms with Gasteiger partial charge in [0.15, 0.2) is 0 Å². The maximum Gasteiger partial charge on any atom is 0.125 e. The number of unbranched alkanes of at least 4 members (excludes halogenated alkanes) is 20. The normalized spacial score (nSPS) is 11.9. The Hall–Kier alpha value is -2.36. The van der Waals surface area contributed by atoms with Gasteiger partial charge in [-0.15, -0.1) is 0 Å². The molecule has 0 radical (unpaired) electrons. The van der Waals surface area contributed by atoms with Crippen molar-refractivity contribution in [1.82, 2.24) is 0 Å². The summed E-state index contributed by atoms with van der Waals surface area (Å²) in [5.74, 6) is 2.07. The zero-order valence-corrected chi connectivity index (χ0v) is 34.5. The Bertz CT molecular complexity index is 1070. The van der Waals surface area contributed by atoms with Gasteiger partial charge in [-0.1, -0.05) is 156 Å².